The van der Waals surface area contributed by atoms with Crippen LogP contribution in [0.15, 0.2) is 27.6 Å². The second-order valence-corrected chi connectivity index (χ2v) is 3.23. The lowest BCUT2D eigenvalue weighted by molar-refractivity contribution is 0.343. The fourth-order valence-corrected chi connectivity index (χ4v) is 1.06. The van der Waals surface area contributed by atoms with Gasteiger partial charge in [0.1, 0.15) is 18.1 Å². The van der Waals surface area contributed by atoms with E-state index in [0.717, 1.165) is 11.5 Å². The van der Waals surface area contributed by atoms with E-state index in [2.05, 4.69) is 21.5 Å². The van der Waals surface area contributed by atoms with Gasteiger partial charge in [0.05, 0.1) is 0 Å². The van der Waals surface area contributed by atoms with Gasteiger partial charge in [0.2, 0.25) is 0 Å². The van der Waals surface area contributed by atoms with Crippen LogP contribution in [0.25, 0.3) is 0 Å². The number of nitrogens with one attached hydrogen (secondary N) is 1. The van der Waals surface area contributed by atoms with Crippen molar-refractivity contribution in [2.45, 2.75) is 0 Å². The predicted molar refractivity (Wildman–Crippen MR) is 50.8 cm³/mol. The molecule has 0 atom stereocenters. The van der Waals surface area contributed by atoms with E-state index in [1.165, 1.54) is 0 Å². The second-order valence-electron chi connectivity index (χ2n) is 3.23. The van der Waals surface area contributed by atoms with Gasteiger partial charge in [0.25, 0.3) is 0 Å². The summed E-state index contributed by atoms with van der Waals surface area (Å²) in [6, 6.07) is 0. The van der Waals surface area contributed by atoms with Crippen molar-refractivity contribution in [1.29, 1.82) is 0 Å². The first-order valence-corrected chi connectivity index (χ1v) is 4.08. The Morgan fingerprint density at radius 3 is 2.31 bits per heavy atom. The van der Waals surface area contributed by atoms with Gasteiger partial charge in [-0.2, -0.15) is 5.11 Å². The summed E-state index contributed by atoms with van der Waals surface area (Å²) in [4.78, 5) is 3.99. The zero-order chi connectivity index (χ0) is 9.84. The fraction of sp³-hybridized carbons (Fsp3) is 0.625. The van der Waals surface area contributed by atoms with Crippen LogP contribution >= 0.6 is 0 Å². The fourth-order valence-electron chi connectivity index (χ4n) is 1.06. The third kappa shape index (κ3) is 2.49. The van der Waals surface area contributed by atoms with Crippen molar-refractivity contribution in [1.82, 2.24) is 15.2 Å². The van der Waals surface area contributed by atoms with Gasteiger partial charge in [0.15, 0.2) is 0 Å². The molecule has 1 aliphatic rings. The molecule has 0 saturated carbocycles. The summed E-state index contributed by atoms with van der Waals surface area (Å²) in [5, 5.41) is 7.46. The molecule has 1 N–H and O–H groups in total. The van der Waals surface area contributed by atoms with Gasteiger partial charge in [0, 0.05) is 28.2 Å². The molecule has 1 aliphatic heterocycles. The van der Waals surface area contributed by atoms with Crippen LogP contribution in [0.2, 0.25) is 0 Å². The minimum absolute atomic E-state index is 0.588. The van der Waals surface area contributed by atoms with E-state index < -0.39 is 0 Å². The van der Waals surface area contributed by atoms with Crippen LogP contribution in [0.5, 0.6) is 0 Å². The molecule has 5 heteroatoms. The zero-order valence-corrected chi connectivity index (χ0v) is 8.50. The van der Waals surface area contributed by atoms with Crippen LogP contribution in [0.4, 0.5) is 0 Å². The first kappa shape index (κ1) is 9.61. The molecule has 0 aromatic carbocycles. The molecule has 1 rings (SSSR count). The van der Waals surface area contributed by atoms with Gasteiger partial charge in [-0.1, -0.05) is 11.0 Å². The summed E-state index contributed by atoms with van der Waals surface area (Å²) < 4.78 is 0. The minimum Gasteiger partial charge on any atom is -0.358 e. The molecule has 1 heterocycles. The first-order valence-electron chi connectivity index (χ1n) is 4.08. The summed E-state index contributed by atoms with van der Waals surface area (Å²) in [5.41, 5.74) is 6.89. The molecule has 0 fully saturated rings. The highest BCUT2D eigenvalue weighted by Gasteiger charge is 2.04. The number of nitrogens with zero attached hydrogens (tertiary/aromatic N) is 4. The van der Waals surface area contributed by atoms with Crippen LogP contribution in [0.3, 0.4) is 0 Å². The Hall–Kier alpha value is -1.48. The molecular weight excluding hydrogens is 166 g/mol. The summed E-state index contributed by atoms with van der Waals surface area (Å²) >= 11 is 0. The lowest BCUT2D eigenvalue weighted by Crippen LogP contribution is -2.24. The van der Waals surface area contributed by atoms with Crippen molar-refractivity contribution in [3.63, 3.8) is 0 Å². The Morgan fingerprint density at radius 2 is 1.92 bits per heavy atom. The molecule has 0 bridgehead atoms. The third-order valence-corrected chi connectivity index (χ3v) is 1.59. The Balaban J connectivity index is 2.91. The maximum Gasteiger partial charge on any atom is 0.150 e. The van der Waals surface area contributed by atoms with Crippen molar-refractivity contribution in [3.8, 4) is 0 Å². The molecule has 0 aromatic heterocycles. The summed E-state index contributed by atoms with van der Waals surface area (Å²) in [6.45, 7) is 0.588. The average molecular weight is 181 g/mol. The highest BCUT2D eigenvalue weighted by Crippen LogP contribution is 2.03. The van der Waals surface area contributed by atoms with Gasteiger partial charge >= 0.3 is 0 Å². The van der Waals surface area contributed by atoms with Crippen LogP contribution in [0.1, 0.15) is 0 Å². The van der Waals surface area contributed by atoms with Gasteiger partial charge in [-0.25, -0.2) is 0 Å². The molecule has 72 valence electrons. The zero-order valence-electron chi connectivity index (χ0n) is 8.50. The molecule has 0 aliphatic carbocycles. The summed E-state index contributed by atoms with van der Waals surface area (Å²) in [7, 11) is 7.91. The average Bonchev–Trinajstić information content (AvgIpc) is 2.50. The van der Waals surface area contributed by atoms with E-state index in [1.807, 2.05) is 38.0 Å². The van der Waals surface area contributed by atoms with Gasteiger partial charge in [-0.3, -0.25) is 5.43 Å². The van der Waals surface area contributed by atoms with E-state index >= 15 is 0 Å². The maximum absolute atomic E-state index is 3.80. The van der Waals surface area contributed by atoms with E-state index in [-0.39, 0.29) is 0 Å². The Bertz CT molecular complexity index is 250. The molecule has 0 aromatic rings. The molecule has 0 spiro atoms. The topological polar surface area (TPSA) is 43.2 Å². The Labute approximate surface area is 78.4 Å². The number of hydrogen-bond acceptors (Lipinski definition) is 5. The third-order valence-electron chi connectivity index (χ3n) is 1.59. The van der Waals surface area contributed by atoms with Crippen molar-refractivity contribution in [3.05, 3.63) is 17.2 Å². The highest BCUT2D eigenvalue weighted by molar-refractivity contribution is 5.08. The smallest absolute Gasteiger partial charge is 0.150 e. The van der Waals surface area contributed by atoms with Crippen LogP contribution in [0, 0.1) is 0 Å². The molecule has 13 heavy (non-hydrogen) atoms. The van der Waals surface area contributed by atoms with E-state index in [9.17, 15) is 0 Å². The van der Waals surface area contributed by atoms with Gasteiger partial charge < -0.3 is 9.80 Å². The van der Waals surface area contributed by atoms with E-state index in [0.29, 0.717) is 6.54 Å². The number of hydrogen-bond donors (Lipinski definition) is 1. The largest absolute Gasteiger partial charge is 0.358 e. The lowest BCUT2D eigenvalue weighted by atomic mass is 10.4. The number of rotatable bonds is 2. The standard InChI is InChI=1S/C8H15N5/c1-12(2)8(13(3)4)5-7-6-9-11-10-7/h6H2,1-4H3,(H,9,10). The Morgan fingerprint density at radius 1 is 1.31 bits per heavy atom. The summed E-state index contributed by atoms with van der Waals surface area (Å²) in [5.74, 6) is 0.995. The predicted octanol–water partition coefficient (Wildman–Crippen LogP) is 0.404. The van der Waals surface area contributed by atoms with Gasteiger partial charge in [-0.15, -0.1) is 0 Å². The van der Waals surface area contributed by atoms with Gasteiger partial charge in [-0.05, 0) is 0 Å². The molecule has 5 nitrogen and oxygen atoms in total. The van der Waals surface area contributed by atoms with Crippen molar-refractivity contribution in [2.75, 3.05) is 34.7 Å². The van der Waals surface area contributed by atoms with Crippen LogP contribution < -0.4 is 5.43 Å². The van der Waals surface area contributed by atoms with Crippen molar-refractivity contribution < 1.29 is 0 Å². The second kappa shape index (κ2) is 3.96. The van der Waals surface area contributed by atoms with Crippen LogP contribution in [-0.2, 0) is 0 Å². The monoisotopic (exact) mass is 181 g/mol. The minimum atomic E-state index is 0.588. The molecule has 0 unspecified atom stereocenters. The quantitative estimate of drug-likeness (QED) is 0.627. The summed E-state index contributed by atoms with van der Waals surface area (Å²) in [6.07, 6.45) is 0. The van der Waals surface area contributed by atoms with E-state index in [4.69, 9.17) is 0 Å². The van der Waals surface area contributed by atoms with Crippen molar-refractivity contribution >= 4 is 0 Å². The molecular formula is C8H15N5. The van der Waals surface area contributed by atoms with E-state index in [1.54, 1.807) is 0 Å². The molecule has 0 radical (unpaired) electrons. The Kier molecular flexibility index (Phi) is 2.93. The SMILES string of the molecule is CN(C)C(=C=C1CN=NN1)N(C)C. The first-order chi connectivity index (χ1) is 6.11. The molecule has 0 amide bonds. The lowest BCUT2D eigenvalue weighted by Gasteiger charge is -2.22. The normalized spacial score (nSPS) is 13.7. The van der Waals surface area contributed by atoms with Crippen molar-refractivity contribution in [2.24, 2.45) is 10.3 Å². The maximum atomic E-state index is 3.80. The molecule has 0 saturated heterocycles. The highest BCUT2D eigenvalue weighted by atomic mass is 15.5. The van der Waals surface area contributed by atoms with Crippen LogP contribution in [-0.4, -0.2) is 44.5 Å².